The Labute approximate surface area is 64.2 Å². The largest absolute Gasteiger partial charge is 0.481 e. The van der Waals surface area contributed by atoms with Crippen molar-refractivity contribution in [3.05, 3.63) is 0 Å². The fourth-order valence-corrected chi connectivity index (χ4v) is 0.703. The van der Waals surface area contributed by atoms with Crippen LogP contribution < -0.4 is 0 Å². The lowest BCUT2D eigenvalue weighted by Crippen LogP contribution is -1.92. The van der Waals surface area contributed by atoms with Crippen molar-refractivity contribution in [1.82, 2.24) is 0 Å². The summed E-state index contributed by atoms with van der Waals surface area (Å²) in [5, 5.41) is 8.21. The third-order valence-corrected chi connectivity index (χ3v) is 1.24. The Bertz CT molecular complexity index is 83.7. The van der Waals surface area contributed by atoms with Crippen LogP contribution in [0, 0.1) is 0 Å². The van der Waals surface area contributed by atoms with Crippen LogP contribution in [0.1, 0.15) is 39.0 Å². The topological polar surface area (TPSA) is 37.3 Å². The predicted molar refractivity (Wildman–Crippen MR) is 46.3 cm³/mol. The molecule has 0 spiro atoms. The zero-order chi connectivity index (χ0) is 7.11. The second kappa shape index (κ2) is 8.53. The summed E-state index contributed by atoms with van der Waals surface area (Å²) in [6.07, 6.45) is 4.55. The number of aliphatic carboxylic acids is 1. The first-order valence-electron chi connectivity index (χ1n) is 3.49. The molecular weight excluding hydrogens is 127 g/mol. The number of rotatable bonds is 5. The van der Waals surface area contributed by atoms with Gasteiger partial charge in [0.15, 0.2) is 0 Å². The van der Waals surface area contributed by atoms with Crippen LogP contribution in [-0.4, -0.2) is 19.5 Å². The summed E-state index contributed by atoms with van der Waals surface area (Å²) in [5.41, 5.74) is 0. The first-order valence-corrected chi connectivity index (χ1v) is 3.49. The molecule has 0 aliphatic rings. The molecule has 10 heavy (non-hydrogen) atoms. The van der Waals surface area contributed by atoms with Gasteiger partial charge in [-0.15, -0.1) is 0 Å². The van der Waals surface area contributed by atoms with E-state index in [2.05, 4.69) is 6.92 Å². The van der Waals surface area contributed by atoms with Gasteiger partial charge in [-0.1, -0.05) is 26.2 Å². The average molecular weight is 144 g/mol. The van der Waals surface area contributed by atoms with E-state index in [1.165, 1.54) is 6.42 Å². The van der Waals surface area contributed by atoms with E-state index in [1.54, 1.807) is 0 Å². The Kier molecular flexibility index (Phi) is 10.4. The van der Waals surface area contributed by atoms with Crippen LogP contribution in [0.25, 0.3) is 0 Å². The van der Waals surface area contributed by atoms with E-state index >= 15 is 0 Å². The van der Waals surface area contributed by atoms with Crippen molar-refractivity contribution in [3.8, 4) is 0 Å². The predicted octanol–water partition coefficient (Wildman–Crippen LogP) is 0.857. The van der Waals surface area contributed by atoms with Gasteiger partial charge in [-0.05, 0) is 6.42 Å². The number of carboxylic acid groups (broad SMARTS) is 1. The summed E-state index contributed by atoms with van der Waals surface area (Å²) in [6.45, 7) is 2.11. The highest BCUT2D eigenvalue weighted by molar-refractivity contribution is 5.75. The number of carbonyl (C=O) groups is 1. The van der Waals surface area contributed by atoms with E-state index in [0.717, 1.165) is 19.3 Å². The van der Waals surface area contributed by atoms with Gasteiger partial charge in [-0.2, -0.15) is 0 Å². The van der Waals surface area contributed by atoms with E-state index in [9.17, 15) is 4.79 Å². The van der Waals surface area contributed by atoms with Crippen molar-refractivity contribution >= 4 is 14.4 Å². The van der Waals surface area contributed by atoms with E-state index in [-0.39, 0.29) is 8.41 Å². The minimum absolute atomic E-state index is 0. The first-order chi connectivity index (χ1) is 4.27. The molecule has 0 rings (SSSR count). The number of unbranched alkanes of at least 4 members (excludes halogenated alkanes) is 3. The third-order valence-electron chi connectivity index (χ3n) is 1.24. The summed E-state index contributed by atoms with van der Waals surface area (Å²) in [6, 6.07) is 0. The zero-order valence-electron chi connectivity index (χ0n) is 5.89. The first kappa shape index (κ1) is 12.2. The SMILES string of the molecule is B.CCCCCCC(=O)O. The highest BCUT2D eigenvalue weighted by Gasteiger charge is 1.93. The summed E-state index contributed by atoms with van der Waals surface area (Å²) in [4.78, 5) is 9.96. The molecule has 0 atom stereocenters. The molecule has 1 N–H and O–H groups in total. The van der Waals surface area contributed by atoms with E-state index in [0.29, 0.717) is 6.42 Å². The molecule has 0 amide bonds. The fourth-order valence-electron chi connectivity index (χ4n) is 0.703. The Hall–Kier alpha value is -0.465. The molecule has 0 saturated carbocycles. The molecular formula is C7H17BO2. The molecule has 0 saturated heterocycles. The minimum Gasteiger partial charge on any atom is -0.481 e. The van der Waals surface area contributed by atoms with Crippen molar-refractivity contribution < 1.29 is 9.90 Å². The van der Waals surface area contributed by atoms with Crippen LogP contribution in [0.15, 0.2) is 0 Å². The van der Waals surface area contributed by atoms with Gasteiger partial charge in [-0.25, -0.2) is 0 Å². The lowest BCUT2D eigenvalue weighted by Gasteiger charge is -1.92. The molecule has 0 heterocycles. The van der Waals surface area contributed by atoms with Crippen molar-refractivity contribution in [3.63, 3.8) is 0 Å². The van der Waals surface area contributed by atoms with E-state index in [1.807, 2.05) is 0 Å². The maximum Gasteiger partial charge on any atom is 0.303 e. The molecule has 0 aromatic heterocycles. The third kappa shape index (κ3) is 10.5. The van der Waals surface area contributed by atoms with Gasteiger partial charge in [0.1, 0.15) is 0 Å². The molecule has 0 fully saturated rings. The molecule has 0 bridgehead atoms. The van der Waals surface area contributed by atoms with Gasteiger partial charge >= 0.3 is 5.97 Å². The Balaban J connectivity index is 0. The molecule has 60 valence electrons. The molecule has 0 aromatic carbocycles. The van der Waals surface area contributed by atoms with Gasteiger partial charge in [-0.3, -0.25) is 4.79 Å². The summed E-state index contributed by atoms with van der Waals surface area (Å²) >= 11 is 0. The number of carboxylic acids is 1. The van der Waals surface area contributed by atoms with Gasteiger partial charge < -0.3 is 5.11 Å². The molecule has 3 heteroatoms. The lowest BCUT2D eigenvalue weighted by atomic mass is 10.2. The van der Waals surface area contributed by atoms with Gasteiger partial charge in [0.2, 0.25) is 0 Å². The molecule has 0 aromatic rings. The Morgan fingerprint density at radius 2 is 1.90 bits per heavy atom. The number of hydrogen-bond donors (Lipinski definition) is 1. The van der Waals surface area contributed by atoms with Crippen LogP contribution in [0.2, 0.25) is 0 Å². The maximum atomic E-state index is 9.96. The van der Waals surface area contributed by atoms with Crippen LogP contribution in [0.3, 0.4) is 0 Å². The smallest absolute Gasteiger partial charge is 0.303 e. The normalized spacial score (nSPS) is 8.50. The quantitative estimate of drug-likeness (QED) is 0.458. The van der Waals surface area contributed by atoms with Crippen molar-refractivity contribution in [2.24, 2.45) is 0 Å². The maximum absolute atomic E-state index is 9.96. The summed E-state index contributed by atoms with van der Waals surface area (Å²) in [7, 11) is 0. The second-order valence-electron chi connectivity index (χ2n) is 2.20. The standard InChI is InChI=1S/C7H14O2.BH3/c1-2-3-4-5-6-7(8)9;/h2-6H2,1H3,(H,8,9);1H3. The van der Waals surface area contributed by atoms with Crippen molar-refractivity contribution in [1.29, 1.82) is 0 Å². The minimum atomic E-state index is -0.675. The highest BCUT2D eigenvalue weighted by atomic mass is 16.4. The average Bonchev–Trinajstić information content (AvgIpc) is 1.80. The number of hydrogen-bond acceptors (Lipinski definition) is 1. The molecule has 0 radical (unpaired) electrons. The van der Waals surface area contributed by atoms with Gasteiger partial charge in [0, 0.05) is 6.42 Å². The van der Waals surface area contributed by atoms with Gasteiger partial charge in [0.25, 0.3) is 0 Å². The van der Waals surface area contributed by atoms with Crippen LogP contribution in [-0.2, 0) is 4.79 Å². The molecule has 2 nitrogen and oxygen atoms in total. The summed E-state index contributed by atoms with van der Waals surface area (Å²) < 4.78 is 0. The second-order valence-corrected chi connectivity index (χ2v) is 2.20. The van der Waals surface area contributed by atoms with Crippen LogP contribution in [0.5, 0.6) is 0 Å². The summed E-state index contributed by atoms with van der Waals surface area (Å²) in [5.74, 6) is -0.675. The zero-order valence-corrected chi connectivity index (χ0v) is 5.89. The molecule has 0 aliphatic carbocycles. The highest BCUT2D eigenvalue weighted by Crippen LogP contribution is 2.01. The van der Waals surface area contributed by atoms with Crippen LogP contribution >= 0.6 is 0 Å². The lowest BCUT2D eigenvalue weighted by molar-refractivity contribution is -0.137. The van der Waals surface area contributed by atoms with E-state index in [4.69, 9.17) is 5.11 Å². The molecule has 0 unspecified atom stereocenters. The van der Waals surface area contributed by atoms with E-state index < -0.39 is 5.97 Å². The fraction of sp³-hybridized carbons (Fsp3) is 0.857. The van der Waals surface area contributed by atoms with Crippen LogP contribution in [0.4, 0.5) is 0 Å². The van der Waals surface area contributed by atoms with Crippen molar-refractivity contribution in [2.45, 2.75) is 39.0 Å². The van der Waals surface area contributed by atoms with Crippen molar-refractivity contribution in [2.75, 3.05) is 0 Å². The Morgan fingerprint density at radius 1 is 1.30 bits per heavy atom. The Morgan fingerprint density at radius 3 is 2.30 bits per heavy atom. The van der Waals surface area contributed by atoms with Gasteiger partial charge in [0.05, 0.1) is 8.41 Å². The monoisotopic (exact) mass is 144 g/mol. The molecule has 0 aliphatic heterocycles.